The normalized spacial score (nSPS) is 12.5. The minimum atomic E-state index is -0.793. The number of carbonyl (C=O) groups is 3. The van der Waals surface area contributed by atoms with E-state index < -0.39 is 6.10 Å². The van der Waals surface area contributed by atoms with Gasteiger partial charge in [-0.15, -0.1) is 0 Å². The van der Waals surface area contributed by atoms with Crippen LogP contribution in [0.2, 0.25) is 0 Å². The van der Waals surface area contributed by atoms with E-state index in [1.165, 1.54) is 128 Å². The number of hydrogen-bond acceptors (Lipinski definition) is 6. The van der Waals surface area contributed by atoms with Gasteiger partial charge in [0.2, 0.25) is 0 Å². The summed E-state index contributed by atoms with van der Waals surface area (Å²) >= 11 is 0. The van der Waals surface area contributed by atoms with Gasteiger partial charge >= 0.3 is 17.9 Å². The molecule has 0 aromatic carbocycles. The van der Waals surface area contributed by atoms with Crippen molar-refractivity contribution in [2.75, 3.05) is 13.2 Å². The minimum Gasteiger partial charge on any atom is -0.462 e. The summed E-state index contributed by atoms with van der Waals surface area (Å²) in [6.07, 6.45) is 63.5. The fraction of sp³-hybridized carbons (Fsp3) is 0.772. The third-order valence-corrected chi connectivity index (χ3v) is 11.5. The highest BCUT2D eigenvalue weighted by Crippen LogP contribution is 2.15. The van der Waals surface area contributed by atoms with Crippen LogP contribution >= 0.6 is 0 Å². The van der Waals surface area contributed by atoms with E-state index in [0.29, 0.717) is 19.3 Å². The van der Waals surface area contributed by atoms with Gasteiger partial charge in [0.05, 0.1) is 0 Å². The van der Waals surface area contributed by atoms with Crippen LogP contribution in [0.5, 0.6) is 0 Å². The van der Waals surface area contributed by atoms with Gasteiger partial charge in [-0.3, -0.25) is 14.4 Å². The molecule has 0 N–H and O–H groups in total. The van der Waals surface area contributed by atoms with Gasteiger partial charge in [0, 0.05) is 19.3 Å². The standard InChI is InChI=1S/C57H100O6/c1-4-7-10-13-16-19-22-25-28-31-34-37-40-43-46-49-55(58)61-52-54(63-57(60)51-48-45-42-39-36-33-30-27-24-21-18-15-12-9-6-3)53-62-56(59)50-47-44-41-38-35-32-29-26-23-20-17-14-11-8-5-2/h7,10,16,19,25,27-28,30,34,37,54H,4-6,8-9,11-15,17-18,20-24,26,29,31-33,35-36,38-53H2,1-3H3/b10-7-,19-16-,28-25-,30-27-,37-34-. The van der Waals surface area contributed by atoms with Gasteiger partial charge in [-0.2, -0.15) is 0 Å². The first-order chi connectivity index (χ1) is 31.0. The smallest absolute Gasteiger partial charge is 0.306 e. The maximum absolute atomic E-state index is 12.8. The van der Waals surface area contributed by atoms with Crippen molar-refractivity contribution in [3.8, 4) is 0 Å². The second kappa shape index (κ2) is 51.7. The van der Waals surface area contributed by atoms with E-state index in [4.69, 9.17) is 14.2 Å². The molecule has 0 saturated carbocycles. The van der Waals surface area contributed by atoms with Gasteiger partial charge in [-0.1, -0.05) is 223 Å². The molecule has 0 fully saturated rings. The Morgan fingerprint density at radius 3 is 1.02 bits per heavy atom. The molecule has 0 bridgehead atoms. The second-order valence-corrected chi connectivity index (χ2v) is 17.8. The monoisotopic (exact) mass is 881 g/mol. The van der Waals surface area contributed by atoms with Crippen LogP contribution in [-0.2, 0) is 28.6 Å². The van der Waals surface area contributed by atoms with Crippen molar-refractivity contribution in [1.82, 2.24) is 0 Å². The van der Waals surface area contributed by atoms with Gasteiger partial charge < -0.3 is 14.2 Å². The fourth-order valence-electron chi connectivity index (χ4n) is 7.49. The summed E-state index contributed by atoms with van der Waals surface area (Å²) < 4.78 is 16.8. The van der Waals surface area contributed by atoms with Crippen molar-refractivity contribution >= 4 is 17.9 Å². The third-order valence-electron chi connectivity index (χ3n) is 11.5. The number of carbonyl (C=O) groups excluding carboxylic acids is 3. The molecule has 364 valence electrons. The lowest BCUT2D eigenvalue weighted by molar-refractivity contribution is -0.167. The molecule has 63 heavy (non-hydrogen) atoms. The van der Waals surface area contributed by atoms with E-state index in [0.717, 1.165) is 96.3 Å². The first kappa shape index (κ1) is 60.1. The zero-order chi connectivity index (χ0) is 45.8. The number of esters is 3. The molecule has 6 nitrogen and oxygen atoms in total. The topological polar surface area (TPSA) is 78.9 Å². The fourth-order valence-corrected chi connectivity index (χ4v) is 7.49. The van der Waals surface area contributed by atoms with Crippen molar-refractivity contribution in [3.05, 3.63) is 60.8 Å². The zero-order valence-corrected chi connectivity index (χ0v) is 41.6. The van der Waals surface area contributed by atoms with Crippen LogP contribution in [0.3, 0.4) is 0 Å². The summed E-state index contributed by atoms with van der Waals surface area (Å²) in [7, 11) is 0. The summed E-state index contributed by atoms with van der Waals surface area (Å²) in [6.45, 7) is 6.49. The Labute approximate surface area is 390 Å². The number of rotatable bonds is 48. The summed E-state index contributed by atoms with van der Waals surface area (Å²) in [5, 5.41) is 0. The lowest BCUT2D eigenvalue weighted by Gasteiger charge is -2.18. The van der Waals surface area contributed by atoms with Crippen molar-refractivity contribution in [2.24, 2.45) is 0 Å². The molecule has 1 unspecified atom stereocenters. The molecular formula is C57H100O6. The molecule has 0 rings (SSSR count). The van der Waals surface area contributed by atoms with Crippen LogP contribution in [0, 0.1) is 0 Å². The van der Waals surface area contributed by atoms with Gasteiger partial charge in [-0.25, -0.2) is 0 Å². The highest BCUT2D eigenvalue weighted by molar-refractivity contribution is 5.71. The quantitative estimate of drug-likeness (QED) is 0.0262. The average Bonchev–Trinajstić information content (AvgIpc) is 3.28. The molecule has 0 aliphatic heterocycles. The van der Waals surface area contributed by atoms with Gasteiger partial charge in [0.1, 0.15) is 13.2 Å². The first-order valence-corrected chi connectivity index (χ1v) is 26.8. The predicted octanol–water partition coefficient (Wildman–Crippen LogP) is 17.6. The second-order valence-electron chi connectivity index (χ2n) is 17.8. The molecule has 0 aromatic rings. The number of unbranched alkanes of at least 4 members (excludes halogenated alkanes) is 27. The van der Waals surface area contributed by atoms with Crippen LogP contribution < -0.4 is 0 Å². The van der Waals surface area contributed by atoms with Gasteiger partial charge in [0.15, 0.2) is 6.10 Å². The lowest BCUT2D eigenvalue weighted by Crippen LogP contribution is -2.30. The molecular weight excluding hydrogens is 781 g/mol. The summed E-state index contributed by atoms with van der Waals surface area (Å²) in [6, 6.07) is 0. The molecule has 0 saturated heterocycles. The predicted molar refractivity (Wildman–Crippen MR) is 270 cm³/mol. The Bertz CT molecular complexity index is 1150. The molecule has 0 aliphatic rings. The van der Waals surface area contributed by atoms with Gasteiger partial charge in [-0.05, 0) is 83.5 Å². The largest absolute Gasteiger partial charge is 0.462 e. The van der Waals surface area contributed by atoms with Crippen molar-refractivity contribution < 1.29 is 28.6 Å². The lowest BCUT2D eigenvalue weighted by atomic mass is 10.0. The third kappa shape index (κ3) is 50.0. The van der Waals surface area contributed by atoms with E-state index >= 15 is 0 Å². The molecule has 0 aliphatic carbocycles. The number of ether oxygens (including phenoxy) is 3. The average molecular weight is 881 g/mol. The van der Waals surface area contributed by atoms with Crippen molar-refractivity contribution in [2.45, 2.75) is 271 Å². The first-order valence-electron chi connectivity index (χ1n) is 26.8. The molecule has 0 aromatic heterocycles. The Morgan fingerprint density at radius 1 is 0.333 bits per heavy atom. The van der Waals surface area contributed by atoms with Crippen LogP contribution in [0.1, 0.15) is 265 Å². The highest BCUT2D eigenvalue weighted by Gasteiger charge is 2.19. The van der Waals surface area contributed by atoms with E-state index in [9.17, 15) is 14.4 Å². The number of hydrogen-bond donors (Lipinski definition) is 0. The van der Waals surface area contributed by atoms with Crippen molar-refractivity contribution in [1.29, 1.82) is 0 Å². The Balaban J connectivity index is 4.44. The van der Waals surface area contributed by atoms with E-state index in [1.54, 1.807) is 0 Å². The van der Waals surface area contributed by atoms with Crippen LogP contribution in [0.25, 0.3) is 0 Å². The zero-order valence-electron chi connectivity index (χ0n) is 41.6. The summed E-state index contributed by atoms with van der Waals surface area (Å²) in [5.41, 5.74) is 0. The summed E-state index contributed by atoms with van der Waals surface area (Å²) in [5.74, 6) is -0.933. The van der Waals surface area contributed by atoms with Crippen LogP contribution in [-0.4, -0.2) is 37.2 Å². The summed E-state index contributed by atoms with van der Waals surface area (Å²) in [4.78, 5) is 38.0. The molecule has 1 atom stereocenters. The molecule has 0 amide bonds. The SMILES string of the molecule is CC/C=C\C/C=C\C/C=C\C/C=C\CCCCC(=O)OCC(COC(=O)CCCCCCCCCCCCCCCCC)OC(=O)CCCCCCC/C=C\CCCCCCCC. The number of allylic oxidation sites excluding steroid dienone is 10. The highest BCUT2D eigenvalue weighted by atomic mass is 16.6. The maximum atomic E-state index is 12.8. The van der Waals surface area contributed by atoms with Crippen molar-refractivity contribution in [3.63, 3.8) is 0 Å². The Hall–Kier alpha value is -2.89. The minimum absolute atomic E-state index is 0.0885. The molecule has 0 radical (unpaired) electrons. The Kier molecular flexibility index (Phi) is 49.4. The van der Waals surface area contributed by atoms with Gasteiger partial charge in [0.25, 0.3) is 0 Å². The van der Waals surface area contributed by atoms with E-state index in [-0.39, 0.29) is 31.1 Å². The molecule has 0 heterocycles. The van der Waals surface area contributed by atoms with E-state index in [1.807, 2.05) is 0 Å². The maximum Gasteiger partial charge on any atom is 0.306 e. The molecule has 6 heteroatoms. The Morgan fingerprint density at radius 2 is 0.619 bits per heavy atom. The van der Waals surface area contributed by atoms with Crippen LogP contribution in [0.4, 0.5) is 0 Å². The molecule has 0 spiro atoms. The van der Waals surface area contributed by atoms with E-state index in [2.05, 4.69) is 81.5 Å². The van der Waals surface area contributed by atoms with Crippen LogP contribution in [0.15, 0.2) is 60.8 Å².